The summed E-state index contributed by atoms with van der Waals surface area (Å²) in [5.74, 6) is 4.95. The zero-order chi connectivity index (χ0) is 15.9. The summed E-state index contributed by atoms with van der Waals surface area (Å²) in [5, 5.41) is 0. The molecule has 7 heteroatoms. The van der Waals surface area contributed by atoms with Gasteiger partial charge < -0.3 is 11.5 Å². The molecule has 6 nitrogen and oxygen atoms in total. The van der Waals surface area contributed by atoms with Crippen LogP contribution in [0, 0.1) is 18.8 Å². The maximum Gasteiger partial charge on any atom is 0.241 e. The van der Waals surface area contributed by atoms with Crippen molar-refractivity contribution in [2.45, 2.75) is 24.7 Å². The van der Waals surface area contributed by atoms with E-state index in [1.54, 1.807) is 12.1 Å². The molecule has 0 aliphatic carbocycles. The van der Waals surface area contributed by atoms with Gasteiger partial charge in [0, 0.05) is 18.5 Å². The van der Waals surface area contributed by atoms with Crippen molar-refractivity contribution in [2.24, 2.45) is 11.5 Å². The molecule has 1 aromatic rings. The first-order valence-corrected chi connectivity index (χ1v) is 7.92. The van der Waals surface area contributed by atoms with Gasteiger partial charge in [0.05, 0.1) is 11.4 Å². The lowest BCUT2D eigenvalue weighted by atomic mass is 10.1. The van der Waals surface area contributed by atoms with Crippen LogP contribution in [-0.2, 0) is 14.8 Å². The highest BCUT2D eigenvalue weighted by Gasteiger charge is 2.17. The minimum atomic E-state index is -3.68. The minimum absolute atomic E-state index is 0.105. The SMILES string of the molecule is Cc1ccc(S(=O)(=O)NCCCC(N)=O)c(C#CCN)c1. The molecule has 0 saturated carbocycles. The van der Waals surface area contributed by atoms with E-state index in [-0.39, 0.29) is 24.4 Å². The molecule has 0 spiro atoms. The zero-order valence-electron chi connectivity index (χ0n) is 11.8. The number of benzene rings is 1. The van der Waals surface area contributed by atoms with Crippen LogP contribution in [-0.4, -0.2) is 27.4 Å². The summed E-state index contributed by atoms with van der Waals surface area (Å²) in [6.45, 7) is 2.15. The van der Waals surface area contributed by atoms with Crippen molar-refractivity contribution >= 4 is 15.9 Å². The van der Waals surface area contributed by atoms with Crippen molar-refractivity contribution in [2.75, 3.05) is 13.1 Å². The Morgan fingerprint density at radius 3 is 2.71 bits per heavy atom. The van der Waals surface area contributed by atoms with Crippen molar-refractivity contribution in [3.8, 4) is 11.8 Å². The topological polar surface area (TPSA) is 115 Å². The Bertz CT molecular complexity index is 672. The molecule has 0 aromatic heterocycles. The molecule has 114 valence electrons. The predicted molar refractivity (Wildman–Crippen MR) is 80.7 cm³/mol. The molecule has 1 rings (SSSR count). The van der Waals surface area contributed by atoms with Crippen LogP contribution < -0.4 is 16.2 Å². The number of primary amides is 1. The van der Waals surface area contributed by atoms with Crippen LogP contribution in [0.25, 0.3) is 0 Å². The average molecular weight is 309 g/mol. The van der Waals surface area contributed by atoms with Gasteiger partial charge in [-0.05, 0) is 31.0 Å². The average Bonchev–Trinajstić information content (AvgIpc) is 2.41. The lowest BCUT2D eigenvalue weighted by Crippen LogP contribution is -2.26. The van der Waals surface area contributed by atoms with Gasteiger partial charge in [0.15, 0.2) is 0 Å². The first-order valence-electron chi connectivity index (χ1n) is 6.44. The molecule has 0 heterocycles. The summed E-state index contributed by atoms with van der Waals surface area (Å²) >= 11 is 0. The molecule has 0 fully saturated rings. The van der Waals surface area contributed by atoms with E-state index in [0.29, 0.717) is 12.0 Å². The quantitative estimate of drug-likeness (QED) is 0.500. The molecule has 0 aliphatic rings. The number of rotatable bonds is 6. The van der Waals surface area contributed by atoms with Gasteiger partial charge in [-0.3, -0.25) is 4.79 Å². The van der Waals surface area contributed by atoms with E-state index in [2.05, 4.69) is 16.6 Å². The third-order valence-corrected chi connectivity index (χ3v) is 4.16. The van der Waals surface area contributed by atoms with Gasteiger partial charge in [0.2, 0.25) is 15.9 Å². The summed E-state index contributed by atoms with van der Waals surface area (Å²) in [6.07, 6.45) is 0.487. The fraction of sp³-hybridized carbons (Fsp3) is 0.357. The second-order valence-electron chi connectivity index (χ2n) is 4.47. The molecule has 5 N–H and O–H groups in total. The van der Waals surface area contributed by atoms with Crippen molar-refractivity contribution in [3.63, 3.8) is 0 Å². The highest BCUT2D eigenvalue weighted by Crippen LogP contribution is 2.16. The molecule has 0 bridgehead atoms. The van der Waals surface area contributed by atoms with Crippen LogP contribution in [0.4, 0.5) is 0 Å². The number of hydrogen-bond donors (Lipinski definition) is 3. The van der Waals surface area contributed by atoms with E-state index in [1.807, 2.05) is 6.92 Å². The van der Waals surface area contributed by atoms with Gasteiger partial charge in [-0.2, -0.15) is 0 Å². The molecule has 0 radical (unpaired) electrons. The third kappa shape index (κ3) is 5.55. The summed E-state index contributed by atoms with van der Waals surface area (Å²) in [6, 6.07) is 4.90. The largest absolute Gasteiger partial charge is 0.370 e. The highest BCUT2D eigenvalue weighted by atomic mass is 32.2. The number of carbonyl (C=O) groups excluding carboxylic acids is 1. The molecule has 0 saturated heterocycles. The molecule has 0 atom stereocenters. The lowest BCUT2D eigenvalue weighted by molar-refractivity contribution is -0.118. The normalized spacial score (nSPS) is 10.8. The molecule has 1 aromatic carbocycles. The first kappa shape index (κ1) is 17.2. The summed E-state index contributed by atoms with van der Waals surface area (Å²) < 4.78 is 26.9. The van der Waals surface area contributed by atoms with E-state index in [4.69, 9.17) is 11.5 Å². The Kier molecular flexibility index (Phi) is 6.37. The molecule has 1 amide bonds. The van der Waals surface area contributed by atoms with Gasteiger partial charge in [-0.25, -0.2) is 13.1 Å². The second-order valence-corrected chi connectivity index (χ2v) is 6.21. The van der Waals surface area contributed by atoms with Gasteiger partial charge in [0.25, 0.3) is 0 Å². The number of hydrogen-bond acceptors (Lipinski definition) is 4. The number of carbonyl (C=O) groups is 1. The second kappa shape index (κ2) is 7.78. The van der Waals surface area contributed by atoms with Crippen LogP contribution >= 0.6 is 0 Å². The Balaban J connectivity index is 2.94. The molecule has 21 heavy (non-hydrogen) atoms. The van der Waals surface area contributed by atoms with E-state index < -0.39 is 15.9 Å². The van der Waals surface area contributed by atoms with E-state index in [9.17, 15) is 13.2 Å². The van der Waals surface area contributed by atoms with E-state index in [0.717, 1.165) is 5.56 Å². The Hall–Kier alpha value is -1.88. The van der Waals surface area contributed by atoms with Gasteiger partial charge in [-0.15, -0.1) is 0 Å². The smallest absolute Gasteiger partial charge is 0.241 e. The number of nitrogens with one attached hydrogen (secondary N) is 1. The van der Waals surface area contributed by atoms with Crippen molar-refractivity contribution in [3.05, 3.63) is 29.3 Å². The molecule has 0 unspecified atom stereocenters. The van der Waals surface area contributed by atoms with Crippen molar-refractivity contribution < 1.29 is 13.2 Å². The Labute approximate surface area is 125 Å². The summed E-state index contributed by atoms with van der Waals surface area (Å²) in [5.41, 5.74) is 11.6. The maximum absolute atomic E-state index is 12.2. The van der Waals surface area contributed by atoms with Crippen LogP contribution in [0.15, 0.2) is 23.1 Å². The predicted octanol–water partition coefficient (Wildman–Crippen LogP) is -0.151. The molecular formula is C14H19N3O3S. The standard InChI is InChI=1S/C14H19N3O3S/c1-11-6-7-13(12(10-11)4-2-8-15)21(19,20)17-9-3-5-14(16)18/h6-7,10,17H,3,5,8-9,15H2,1H3,(H2,16,18). The van der Waals surface area contributed by atoms with Crippen LogP contribution in [0.3, 0.4) is 0 Å². The highest BCUT2D eigenvalue weighted by molar-refractivity contribution is 7.89. The molecule has 0 aliphatic heterocycles. The minimum Gasteiger partial charge on any atom is -0.370 e. The zero-order valence-corrected chi connectivity index (χ0v) is 12.7. The lowest BCUT2D eigenvalue weighted by Gasteiger charge is -2.09. The number of aryl methyl sites for hydroxylation is 1. The number of amides is 1. The van der Waals surface area contributed by atoms with Gasteiger partial charge >= 0.3 is 0 Å². The van der Waals surface area contributed by atoms with E-state index >= 15 is 0 Å². The number of sulfonamides is 1. The van der Waals surface area contributed by atoms with Crippen LogP contribution in [0.5, 0.6) is 0 Å². The van der Waals surface area contributed by atoms with Crippen LogP contribution in [0.2, 0.25) is 0 Å². The Morgan fingerprint density at radius 2 is 2.10 bits per heavy atom. The van der Waals surface area contributed by atoms with Crippen LogP contribution in [0.1, 0.15) is 24.0 Å². The summed E-state index contributed by atoms with van der Waals surface area (Å²) in [4.78, 5) is 10.7. The fourth-order valence-electron chi connectivity index (χ4n) is 1.67. The fourth-order valence-corrected chi connectivity index (χ4v) is 2.88. The van der Waals surface area contributed by atoms with Crippen molar-refractivity contribution in [1.82, 2.24) is 4.72 Å². The first-order chi connectivity index (χ1) is 9.86. The summed E-state index contributed by atoms with van der Waals surface area (Å²) in [7, 11) is -3.68. The third-order valence-electron chi connectivity index (χ3n) is 2.64. The van der Waals surface area contributed by atoms with E-state index in [1.165, 1.54) is 6.07 Å². The maximum atomic E-state index is 12.2. The van der Waals surface area contributed by atoms with Crippen molar-refractivity contribution in [1.29, 1.82) is 0 Å². The monoisotopic (exact) mass is 309 g/mol. The number of nitrogens with two attached hydrogens (primary N) is 2. The van der Waals surface area contributed by atoms with Gasteiger partial charge in [-0.1, -0.05) is 17.9 Å². The Morgan fingerprint density at radius 1 is 1.38 bits per heavy atom. The van der Waals surface area contributed by atoms with Gasteiger partial charge in [0.1, 0.15) is 0 Å². The molecular weight excluding hydrogens is 290 g/mol.